The summed E-state index contributed by atoms with van der Waals surface area (Å²) < 4.78 is 9.46. The van der Waals surface area contributed by atoms with Crippen molar-refractivity contribution in [2.75, 3.05) is 0 Å². The number of fused-ring (bicyclic) bond motifs is 12. The molecule has 2 heterocycles. The second kappa shape index (κ2) is 13.9. The molecule has 0 spiro atoms. The second-order valence-electron chi connectivity index (χ2n) is 17.0. The summed E-state index contributed by atoms with van der Waals surface area (Å²) in [5, 5.41) is 17.6. The predicted molar refractivity (Wildman–Crippen MR) is 275 cm³/mol. The Labute approximate surface area is 374 Å². The van der Waals surface area contributed by atoms with E-state index in [0.717, 1.165) is 27.3 Å². The van der Waals surface area contributed by atoms with E-state index < -0.39 is 0 Å². The Morgan fingerprint density at radius 3 is 1.39 bits per heavy atom. The van der Waals surface area contributed by atoms with Crippen LogP contribution in [-0.2, 0) is 0 Å². The van der Waals surface area contributed by atoms with E-state index >= 15 is 0 Å². The van der Waals surface area contributed by atoms with E-state index in [4.69, 9.17) is 4.42 Å². The monoisotopic (exact) mass is 876 g/mol. The van der Waals surface area contributed by atoms with Crippen LogP contribution in [0.3, 0.4) is 0 Å². The number of rotatable bonds is 4. The molecule has 0 amide bonds. The van der Waals surface area contributed by atoms with E-state index in [2.05, 4.69) is 218 Å². The van der Waals surface area contributed by atoms with Crippen LogP contribution >= 0.6 is 0 Å². The summed E-state index contributed by atoms with van der Waals surface area (Å²) in [5.41, 5.74) is 12.1. The molecule has 0 saturated carbocycles. The molecule has 2 heteroatoms. The number of hydrogen-bond donors (Lipinski definition) is 0. The van der Waals surface area contributed by atoms with Crippen molar-refractivity contribution in [3.63, 3.8) is 0 Å². The molecule has 12 aromatic carbocycles. The molecule has 0 N–H and O–H groups in total. The SMILES string of the molecule is c1ccc(-c2c3ccccc3c(-c3ccc4c(c3)[se]c3c(-c5c6ccccc6c(-c6ccc7oc8c9ccccc9ccc8c7c6)c6ccccc56)cccc34)c3ccccc23)cc1. The van der Waals surface area contributed by atoms with E-state index in [0.29, 0.717) is 0 Å². The van der Waals surface area contributed by atoms with E-state index in [1.807, 2.05) is 0 Å². The zero-order chi connectivity index (χ0) is 41.9. The van der Waals surface area contributed by atoms with Gasteiger partial charge in [0.1, 0.15) is 0 Å². The van der Waals surface area contributed by atoms with E-state index in [1.54, 1.807) is 0 Å². The van der Waals surface area contributed by atoms with Crippen molar-refractivity contribution in [3.8, 4) is 44.5 Å². The molecule has 1 nitrogen and oxygen atoms in total. The molecule has 0 aliphatic heterocycles. The molecular formula is C62H36OSe. The summed E-state index contributed by atoms with van der Waals surface area (Å²) >= 11 is 0.0886. The first-order valence-electron chi connectivity index (χ1n) is 22.0. The molecule has 14 rings (SSSR count). The molecule has 0 aliphatic carbocycles. The van der Waals surface area contributed by atoms with Gasteiger partial charge in [-0.1, -0.05) is 24.3 Å². The van der Waals surface area contributed by atoms with Gasteiger partial charge in [0, 0.05) is 0 Å². The van der Waals surface area contributed by atoms with Crippen LogP contribution in [0.4, 0.5) is 0 Å². The van der Waals surface area contributed by atoms with Crippen LogP contribution in [0.1, 0.15) is 0 Å². The average Bonchev–Trinajstić information content (AvgIpc) is 3.93. The van der Waals surface area contributed by atoms with Crippen molar-refractivity contribution in [1.82, 2.24) is 0 Å². The van der Waals surface area contributed by atoms with E-state index in [9.17, 15) is 0 Å². The van der Waals surface area contributed by atoms with Gasteiger partial charge in [0.2, 0.25) is 0 Å². The third-order valence-corrected chi connectivity index (χ3v) is 16.2. The summed E-state index contributed by atoms with van der Waals surface area (Å²) in [5.74, 6) is 0. The minimum atomic E-state index is 0.0886. The Morgan fingerprint density at radius 1 is 0.281 bits per heavy atom. The van der Waals surface area contributed by atoms with Gasteiger partial charge in [-0.3, -0.25) is 0 Å². The number of hydrogen-bond acceptors (Lipinski definition) is 1. The van der Waals surface area contributed by atoms with Gasteiger partial charge in [0.25, 0.3) is 0 Å². The maximum absolute atomic E-state index is 6.57. The third-order valence-electron chi connectivity index (χ3n) is 13.6. The molecule has 296 valence electrons. The summed E-state index contributed by atoms with van der Waals surface area (Å²) in [7, 11) is 0. The van der Waals surface area contributed by atoms with Crippen LogP contribution < -0.4 is 0 Å². The van der Waals surface area contributed by atoms with Crippen LogP contribution in [0, 0.1) is 0 Å². The topological polar surface area (TPSA) is 13.1 Å². The zero-order valence-electron chi connectivity index (χ0n) is 34.6. The molecule has 0 radical (unpaired) electrons. The zero-order valence-corrected chi connectivity index (χ0v) is 36.3. The first-order chi connectivity index (χ1) is 31.8. The summed E-state index contributed by atoms with van der Waals surface area (Å²) in [6, 6.07) is 80.9. The van der Waals surface area contributed by atoms with Crippen LogP contribution in [0.2, 0.25) is 0 Å². The van der Waals surface area contributed by atoms with E-state index in [-0.39, 0.29) is 14.5 Å². The molecule has 0 aliphatic rings. The van der Waals surface area contributed by atoms with Gasteiger partial charge in [-0.2, -0.15) is 0 Å². The number of furan rings is 1. The molecule has 64 heavy (non-hydrogen) atoms. The Morgan fingerprint density at radius 2 is 0.766 bits per heavy atom. The van der Waals surface area contributed by atoms with Gasteiger partial charge in [-0.05, 0) is 5.39 Å². The Kier molecular flexibility index (Phi) is 7.77. The second-order valence-corrected chi connectivity index (χ2v) is 19.2. The van der Waals surface area contributed by atoms with Gasteiger partial charge in [0.05, 0.1) is 0 Å². The van der Waals surface area contributed by atoms with Crippen molar-refractivity contribution in [3.05, 3.63) is 218 Å². The van der Waals surface area contributed by atoms with E-state index in [1.165, 1.54) is 112 Å². The third kappa shape index (κ3) is 5.19. The van der Waals surface area contributed by atoms with Gasteiger partial charge >= 0.3 is 347 Å². The van der Waals surface area contributed by atoms with Crippen LogP contribution in [0.5, 0.6) is 0 Å². The fraction of sp³-hybridized carbons (Fsp3) is 0. The van der Waals surface area contributed by atoms with Crippen molar-refractivity contribution >= 4 is 110 Å². The average molecular weight is 876 g/mol. The molecule has 14 aromatic rings. The molecule has 0 fully saturated rings. The predicted octanol–water partition coefficient (Wildman–Crippen LogP) is 17.4. The normalized spacial score (nSPS) is 12.1. The summed E-state index contributed by atoms with van der Waals surface area (Å²) in [6.07, 6.45) is 0. The van der Waals surface area contributed by atoms with Gasteiger partial charge in [-0.15, -0.1) is 0 Å². The Balaban J connectivity index is 0.983. The molecule has 0 atom stereocenters. The van der Waals surface area contributed by atoms with Gasteiger partial charge < -0.3 is 0 Å². The van der Waals surface area contributed by atoms with Crippen LogP contribution in [-0.4, -0.2) is 14.5 Å². The standard InChI is InChI=1S/C62H36OSe/c1-2-16-38(17-3-1)57-43-19-6-8-21-45(43)59(46-22-9-7-20-44(46)57)40-30-32-42-52-27-14-28-53(62(52)64-56(42)36-40)60-49-25-12-10-23-47(49)58(48-24-11-13-26-50(48)60)39-31-34-55-54(35-39)51-33-29-37-15-4-5-18-41(37)61(51)63-55/h1-36H. The Bertz CT molecular complexity index is 4130. The molecular weight excluding hydrogens is 840 g/mol. The van der Waals surface area contributed by atoms with Gasteiger partial charge in [-0.25, -0.2) is 0 Å². The van der Waals surface area contributed by atoms with Gasteiger partial charge in [0.15, 0.2) is 0 Å². The van der Waals surface area contributed by atoms with Crippen molar-refractivity contribution in [2.24, 2.45) is 0 Å². The van der Waals surface area contributed by atoms with Crippen molar-refractivity contribution in [1.29, 1.82) is 0 Å². The fourth-order valence-electron chi connectivity index (χ4n) is 10.9. The van der Waals surface area contributed by atoms with Crippen molar-refractivity contribution in [2.45, 2.75) is 0 Å². The summed E-state index contributed by atoms with van der Waals surface area (Å²) in [4.78, 5) is 0. The first-order valence-corrected chi connectivity index (χ1v) is 23.7. The molecule has 0 unspecified atom stereocenters. The number of benzene rings is 12. The summed E-state index contributed by atoms with van der Waals surface area (Å²) in [6.45, 7) is 0. The quantitative estimate of drug-likeness (QED) is 0.127. The molecule has 2 aromatic heterocycles. The van der Waals surface area contributed by atoms with Crippen molar-refractivity contribution < 1.29 is 4.42 Å². The maximum atomic E-state index is 6.57. The first kappa shape index (κ1) is 35.8. The van der Waals surface area contributed by atoms with Crippen LogP contribution in [0.25, 0.3) is 140 Å². The molecule has 0 saturated heterocycles. The Hall–Kier alpha value is -7.74. The fourth-order valence-corrected chi connectivity index (χ4v) is 13.5. The van der Waals surface area contributed by atoms with Crippen LogP contribution in [0.15, 0.2) is 223 Å². The molecule has 0 bridgehead atoms. The minimum absolute atomic E-state index is 0.0886.